The van der Waals surface area contributed by atoms with E-state index in [1.807, 2.05) is 0 Å². The molecule has 1 saturated carbocycles. The summed E-state index contributed by atoms with van der Waals surface area (Å²) < 4.78 is 4.86. The number of amides is 2. The maximum Gasteiger partial charge on any atom is 0.326 e. The summed E-state index contributed by atoms with van der Waals surface area (Å²) in [5.74, 6) is -1.99. The molecule has 2 rings (SSSR count). The molecule has 1 heterocycles. The molecule has 1 aromatic heterocycles. The molecule has 0 aromatic carbocycles. The fourth-order valence-electron chi connectivity index (χ4n) is 1.69. The zero-order valence-corrected chi connectivity index (χ0v) is 10.1. The van der Waals surface area contributed by atoms with Crippen molar-refractivity contribution in [3.63, 3.8) is 0 Å². The Morgan fingerprint density at radius 1 is 1.42 bits per heavy atom. The molecule has 0 radical (unpaired) electrons. The topological polar surface area (TPSA) is 109 Å². The number of carbonyl (C=O) groups is 3. The van der Waals surface area contributed by atoms with E-state index in [0.717, 1.165) is 12.8 Å². The summed E-state index contributed by atoms with van der Waals surface area (Å²) in [6.07, 6.45) is 2.95. The van der Waals surface area contributed by atoms with Crippen LogP contribution >= 0.6 is 0 Å². The summed E-state index contributed by atoms with van der Waals surface area (Å²) in [6.45, 7) is -0.282. The SMILES string of the molecule is O=C(CNC(=O)c1ccco1)NC(C(=O)O)C1CC1. The van der Waals surface area contributed by atoms with E-state index in [9.17, 15) is 14.4 Å². The monoisotopic (exact) mass is 266 g/mol. The Hall–Kier alpha value is -2.31. The lowest BCUT2D eigenvalue weighted by molar-refractivity contribution is -0.142. The third-order valence-electron chi connectivity index (χ3n) is 2.83. The third kappa shape index (κ3) is 3.57. The lowest BCUT2D eigenvalue weighted by atomic mass is 10.2. The summed E-state index contributed by atoms with van der Waals surface area (Å²) >= 11 is 0. The normalized spacial score (nSPS) is 15.6. The van der Waals surface area contributed by atoms with Crippen LogP contribution in [0.1, 0.15) is 23.4 Å². The highest BCUT2D eigenvalue weighted by molar-refractivity contribution is 5.94. The predicted octanol–water partition coefficient (Wildman–Crippen LogP) is -0.0112. The van der Waals surface area contributed by atoms with Crippen LogP contribution < -0.4 is 10.6 Å². The zero-order chi connectivity index (χ0) is 13.8. The number of rotatable bonds is 6. The number of carbonyl (C=O) groups excluding carboxylic acids is 2. The fourth-order valence-corrected chi connectivity index (χ4v) is 1.69. The quantitative estimate of drug-likeness (QED) is 0.671. The van der Waals surface area contributed by atoms with Crippen LogP contribution in [0.3, 0.4) is 0 Å². The minimum Gasteiger partial charge on any atom is -0.480 e. The Bertz CT molecular complexity index is 478. The van der Waals surface area contributed by atoms with Crippen molar-refractivity contribution >= 4 is 17.8 Å². The first-order valence-corrected chi connectivity index (χ1v) is 5.92. The van der Waals surface area contributed by atoms with Gasteiger partial charge in [-0.25, -0.2) is 4.79 Å². The molecule has 19 heavy (non-hydrogen) atoms. The van der Waals surface area contributed by atoms with E-state index >= 15 is 0 Å². The Labute approximate surface area is 109 Å². The van der Waals surface area contributed by atoms with Crippen molar-refractivity contribution in [3.8, 4) is 0 Å². The van der Waals surface area contributed by atoms with Crippen molar-refractivity contribution in [1.82, 2.24) is 10.6 Å². The van der Waals surface area contributed by atoms with Crippen molar-refractivity contribution in [3.05, 3.63) is 24.2 Å². The molecule has 7 heteroatoms. The summed E-state index contributed by atoms with van der Waals surface area (Å²) in [4.78, 5) is 33.9. The lowest BCUT2D eigenvalue weighted by Crippen LogP contribution is -2.46. The second-order valence-electron chi connectivity index (χ2n) is 4.38. The van der Waals surface area contributed by atoms with Crippen molar-refractivity contribution in [2.45, 2.75) is 18.9 Å². The number of nitrogens with one attached hydrogen (secondary N) is 2. The van der Waals surface area contributed by atoms with Gasteiger partial charge in [-0.05, 0) is 30.9 Å². The average Bonchev–Trinajstić information content (AvgIpc) is 3.06. The molecular formula is C12H14N2O5. The minimum absolute atomic E-state index is 0.00206. The smallest absolute Gasteiger partial charge is 0.326 e. The first-order chi connectivity index (χ1) is 9.08. The number of hydrogen-bond acceptors (Lipinski definition) is 4. The van der Waals surface area contributed by atoms with Gasteiger partial charge in [-0.1, -0.05) is 0 Å². The second kappa shape index (κ2) is 5.55. The molecule has 1 fully saturated rings. The van der Waals surface area contributed by atoms with Gasteiger partial charge in [-0.15, -0.1) is 0 Å². The number of furan rings is 1. The third-order valence-corrected chi connectivity index (χ3v) is 2.83. The van der Waals surface area contributed by atoms with E-state index in [4.69, 9.17) is 9.52 Å². The molecule has 2 amide bonds. The van der Waals surface area contributed by atoms with Gasteiger partial charge in [0.2, 0.25) is 5.91 Å². The summed E-state index contributed by atoms with van der Waals surface area (Å²) in [6, 6.07) is 2.16. The molecule has 102 valence electrons. The van der Waals surface area contributed by atoms with E-state index in [-0.39, 0.29) is 18.2 Å². The van der Waals surface area contributed by atoms with Gasteiger partial charge in [0.15, 0.2) is 5.76 Å². The van der Waals surface area contributed by atoms with Crippen LogP contribution in [0.15, 0.2) is 22.8 Å². The highest BCUT2D eigenvalue weighted by atomic mass is 16.4. The number of hydrogen-bond donors (Lipinski definition) is 3. The summed E-state index contributed by atoms with van der Waals surface area (Å²) in [5, 5.41) is 13.7. The van der Waals surface area contributed by atoms with Gasteiger partial charge >= 0.3 is 5.97 Å². The largest absolute Gasteiger partial charge is 0.480 e. The first-order valence-electron chi connectivity index (χ1n) is 5.92. The highest BCUT2D eigenvalue weighted by Gasteiger charge is 2.37. The second-order valence-corrected chi connectivity index (χ2v) is 4.38. The molecule has 0 saturated heterocycles. The van der Waals surface area contributed by atoms with Crippen molar-refractivity contribution in [2.24, 2.45) is 5.92 Å². The molecule has 1 atom stereocenters. The molecule has 0 aliphatic heterocycles. The summed E-state index contributed by atoms with van der Waals surface area (Å²) in [5.41, 5.74) is 0. The Kier molecular flexibility index (Phi) is 3.84. The number of carboxylic acids is 1. The summed E-state index contributed by atoms with van der Waals surface area (Å²) in [7, 11) is 0. The lowest BCUT2D eigenvalue weighted by Gasteiger charge is -2.13. The Balaban J connectivity index is 1.78. The van der Waals surface area contributed by atoms with E-state index in [0.29, 0.717) is 0 Å². The van der Waals surface area contributed by atoms with Crippen LogP contribution in [-0.4, -0.2) is 35.5 Å². The molecular weight excluding hydrogens is 252 g/mol. The molecule has 1 aromatic rings. The Morgan fingerprint density at radius 2 is 2.16 bits per heavy atom. The van der Waals surface area contributed by atoms with Crippen LogP contribution in [-0.2, 0) is 9.59 Å². The van der Waals surface area contributed by atoms with Gasteiger partial charge in [0, 0.05) is 0 Å². The molecule has 1 unspecified atom stereocenters. The predicted molar refractivity (Wildman–Crippen MR) is 63.3 cm³/mol. The van der Waals surface area contributed by atoms with E-state index in [1.165, 1.54) is 12.3 Å². The molecule has 7 nitrogen and oxygen atoms in total. The van der Waals surface area contributed by atoms with Gasteiger partial charge in [0.05, 0.1) is 12.8 Å². The maximum atomic E-state index is 11.5. The van der Waals surface area contributed by atoms with Crippen LogP contribution in [0.25, 0.3) is 0 Å². The highest BCUT2D eigenvalue weighted by Crippen LogP contribution is 2.32. The standard InChI is InChI=1S/C12H14N2O5/c15-9(14-10(12(17)18)7-3-4-7)6-13-11(16)8-2-1-5-19-8/h1-2,5,7,10H,3-4,6H2,(H,13,16)(H,14,15)(H,17,18). The van der Waals surface area contributed by atoms with Gasteiger partial charge < -0.3 is 20.2 Å². The van der Waals surface area contributed by atoms with E-state index in [2.05, 4.69) is 10.6 Å². The van der Waals surface area contributed by atoms with Crippen LogP contribution in [0.2, 0.25) is 0 Å². The first kappa shape index (κ1) is 13.1. The zero-order valence-electron chi connectivity index (χ0n) is 10.1. The van der Waals surface area contributed by atoms with Crippen LogP contribution in [0, 0.1) is 5.92 Å². The van der Waals surface area contributed by atoms with Crippen molar-refractivity contribution in [2.75, 3.05) is 6.54 Å². The van der Waals surface area contributed by atoms with Crippen molar-refractivity contribution in [1.29, 1.82) is 0 Å². The van der Waals surface area contributed by atoms with Crippen LogP contribution in [0.5, 0.6) is 0 Å². The minimum atomic E-state index is -1.05. The van der Waals surface area contributed by atoms with Gasteiger partial charge in [-0.3, -0.25) is 9.59 Å². The molecule has 1 aliphatic rings. The van der Waals surface area contributed by atoms with Crippen molar-refractivity contribution < 1.29 is 23.9 Å². The van der Waals surface area contributed by atoms with Gasteiger partial charge in [0.1, 0.15) is 6.04 Å². The number of aliphatic carboxylic acids is 1. The maximum absolute atomic E-state index is 11.5. The number of carboxylic acid groups (broad SMARTS) is 1. The van der Waals surface area contributed by atoms with Crippen LogP contribution in [0.4, 0.5) is 0 Å². The molecule has 0 spiro atoms. The fraction of sp³-hybridized carbons (Fsp3) is 0.417. The molecule has 0 bridgehead atoms. The Morgan fingerprint density at radius 3 is 2.68 bits per heavy atom. The van der Waals surface area contributed by atoms with E-state index in [1.54, 1.807) is 6.07 Å². The average molecular weight is 266 g/mol. The van der Waals surface area contributed by atoms with Gasteiger partial charge in [-0.2, -0.15) is 0 Å². The van der Waals surface area contributed by atoms with Gasteiger partial charge in [0.25, 0.3) is 5.91 Å². The molecule has 3 N–H and O–H groups in total. The van der Waals surface area contributed by atoms with E-state index < -0.39 is 23.8 Å². The molecule has 1 aliphatic carbocycles.